The van der Waals surface area contributed by atoms with Crippen molar-refractivity contribution in [3.8, 4) is 5.75 Å². The van der Waals surface area contributed by atoms with Gasteiger partial charge in [0.2, 0.25) is 0 Å². The molecule has 3 aliphatic carbocycles. The molecule has 0 unspecified atom stereocenters. The molecule has 4 aliphatic heterocycles. The van der Waals surface area contributed by atoms with Crippen LogP contribution in [0, 0.1) is 16.7 Å². The highest BCUT2D eigenvalue weighted by molar-refractivity contribution is 8.20. The maximum absolute atomic E-state index is 16.8. The molecule has 414 valence electrons. The number of benzene rings is 3. The average molecular weight is 1130 g/mol. The molecule has 10 rings (SSSR count). The molecule has 4 saturated heterocycles. The zero-order chi connectivity index (χ0) is 54.8. The minimum Gasteiger partial charge on any atom is -0.497 e. The fraction of sp³-hybridized carbons (Fsp3) is 0.561. The van der Waals surface area contributed by atoms with Gasteiger partial charge in [0, 0.05) is 53.8 Å². The molecule has 7 aliphatic rings. The summed E-state index contributed by atoms with van der Waals surface area (Å²) in [5.74, 6) is -0.371. The van der Waals surface area contributed by atoms with Gasteiger partial charge in [0.1, 0.15) is 52.2 Å². The van der Waals surface area contributed by atoms with Crippen LogP contribution in [-0.2, 0) is 52.3 Å². The minimum absolute atomic E-state index is 0.143. The number of Topliss-reactive ketones (excluding diaryl/α,β-unsaturated/α-hetero) is 1. The zero-order valence-corrected chi connectivity index (χ0v) is 47.9. The van der Waals surface area contributed by atoms with Gasteiger partial charge in [-0.2, -0.15) is 0 Å². The predicted molar refractivity (Wildman–Crippen MR) is 292 cm³/mol. The van der Waals surface area contributed by atoms with Crippen LogP contribution in [0.5, 0.6) is 5.75 Å². The third kappa shape index (κ3) is 10.1. The van der Waals surface area contributed by atoms with Crippen LogP contribution in [0.3, 0.4) is 0 Å². The number of amides is 1. The van der Waals surface area contributed by atoms with Crippen LogP contribution in [-0.4, -0.2) is 139 Å². The fourth-order valence-corrected chi connectivity index (χ4v) is 17.6. The SMILES string of the molecule is COc1ccc([C@H]2O[C@@H](C(=O)O[C@H]3C[C@@]4(O)[C@@H](OC(=O)c5ccccc5)[C@@H]5[C@]6(OC(C)=O)CO[C@@H]6C[C@H](OC6SCCS6)[C@@]5(C)C(=O)[C@H](OC5SCCS5)C(=C3C)C4(C)C)[C@H](c3ccccc3)N2C(=O)OC(C)(C)C)cc1. The lowest BCUT2D eigenvalue weighted by Gasteiger charge is -2.68. The number of esters is 3. The van der Waals surface area contributed by atoms with E-state index in [9.17, 15) is 19.5 Å². The van der Waals surface area contributed by atoms with Gasteiger partial charge in [-0.15, -0.1) is 47.0 Å². The number of thioether (sulfide) groups is 4. The molecule has 12 atom stereocenters. The highest BCUT2D eigenvalue weighted by atomic mass is 32.2. The van der Waals surface area contributed by atoms with Gasteiger partial charge < -0.3 is 47.7 Å². The molecule has 3 aromatic rings. The van der Waals surface area contributed by atoms with E-state index < -0.39 is 117 Å². The summed E-state index contributed by atoms with van der Waals surface area (Å²) in [6.07, 6.45) is -9.75. The van der Waals surface area contributed by atoms with Gasteiger partial charge in [-0.1, -0.05) is 74.5 Å². The monoisotopic (exact) mass is 1130 g/mol. The largest absolute Gasteiger partial charge is 0.497 e. The molecule has 3 aromatic carbocycles. The smallest absolute Gasteiger partial charge is 0.413 e. The quantitative estimate of drug-likeness (QED) is 0.102. The fourth-order valence-electron chi connectivity index (χ4n) is 12.6. The van der Waals surface area contributed by atoms with Crippen molar-refractivity contribution < 1.29 is 71.7 Å². The maximum atomic E-state index is 16.8. The van der Waals surface area contributed by atoms with E-state index >= 15 is 9.59 Å². The summed E-state index contributed by atoms with van der Waals surface area (Å²) >= 11 is 6.33. The Balaban J connectivity index is 1.15. The second-order valence-electron chi connectivity index (χ2n) is 22.3. The van der Waals surface area contributed by atoms with E-state index in [-0.39, 0.29) is 29.8 Å². The summed E-state index contributed by atoms with van der Waals surface area (Å²) < 4.78 is 57.9. The lowest BCUT2D eigenvalue weighted by atomic mass is 9.44. The van der Waals surface area contributed by atoms with E-state index in [0.29, 0.717) is 28.0 Å². The van der Waals surface area contributed by atoms with Crippen molar-refractivity contribution >= 4 is 76.8 Å². The Morgan fingerprint density at radius 3 is 1.99 bits per heavy atom. The second kappa shape index (κ2) is 21.7. The van der Waals surface area contributed by atoms with Crippen LogP contribution in [0.1, 0.15) is 102 Å². The molecular weight excluding hydrogens is 1070 g/mol. The first-order chi connectivity index (χ1) is 36.6. The predicted octanol–water partition coefficient (Wildman–Crippen LogP) is 9.29. The Hall–Kier alpha value is -4.25. The molecule has 2 bridgehead atoms. The van der Waals surface area contributed by atoms with Crippen LogP contribution in [0.4, 0.5) is 4.79 Å². The highest BCUT2D eigenvalue weighted by Crippen LogP contribution is 2.66. The Labute approximate surface area is 466 Å². The van der Waals surface area contributed by atoms with Gasteiger partial charge in [-0.05, 0) is 75.6 Å². The minimum atomic E-state index is -2.24. The number of ether oxygens (including phenoxy) is 9. The van der Waals surface area contributed by atoms with Crippen LogP contribution < -0.4 is 4.74 Å². The molecule has 77 heavy (non-hydrogen) atoms. The summed E-state index contributed by atoms with van der Waals surface area (Å²) in [6, 6.07) is 23.2. The summed E-state index contributed by atoms with van der Waals surface area (Å²) in [5.41, 5.74) is -5.96. The van der Waals surface area contributed by atoms with E-state index in [1.54, 1.807) is 181 Å². The van der Waals surface area contributed by atoms with Crippen molar-refractivity contribution in [3.05, 3.63) is 113 Å². The molecule has 4 heterocycles. The van der Waals surface area contributed by atoms with Crippen molar-refractivity contribution in [2.75, 3.05) is 36.7 Å². The van der Waals surface area contributed by atoms with Crippen molar-refractivity contribution in [2.24, 2.45) is 16.7 Å². The number of hydrogen-bond donors (Lipinski definition) is 1. The second-order valence-corrected chi connectivity index (χ2v) is 27.6. The normalized spacial score (nSPS) is 34.0. The van der Waals surface area contributed by atoms with Crippen molar-refractivity contribution in [1.82, 2.24) is 4.90 Å². The third-order valence-electron chi connectivity index (χ3n) is 16.3. The summed E-state index contributed by atoms with van der Waals surface area (Å²) in [5, 5.41) is 14.5. The molecule has 0 aromatic heterocycles. The number of ketones is 1. The molecule has 1 N–H and O–H groups in total. The van der Waals surface area contributed by atoms with Gasteiger partial charge in [0.25, 0.3) is 0 Å². The first-order valence-electron chi connectivity index (χ1n) is 26.0. The highest BCUT2D eigenvalue weighted by Gasteiger charge is 2.79. The number of rotatable bonds is 12. The van der Waals surface area contributed by atoms with Crippen LogP contribution in [0.2, 0.25) is 0 Å². The summed E-state index contributed by atoms with van der Waals surface area (Å²) in [4.78, 5) is 76.8. The molecule has 6 fully saturated rings. The van der Waals surface area contributed by atoms with Gasteiger partial charge in [-0.3, -0.25) is 14.5 Å². The van der Waals surface area contributed by atoms with Gasteiger partial charge in [0.15, 0.2) is 28.5 Å². The van der Waals surface area contributed by atoms with Crippen molar-refractivity contribution in [2.45, 2.75) is 143 Å². The summed E-state index contributed by atoms with van der Waals surface area (Å²) in [7, 11) is 1.54. The number of carbonyl (C=O) groups excluding carboxylic acids is 5. The summed E-state index contributed by atoms with van der Waals surface area (Å²) in [6.45, 7) is 13.5. The first kappa shape index (κ1) is 56.0. The first-order valence-corrected chi connectivity index (χ1v) is 30.2. The van der Waals surface area contributed by atoms with Crippen LogP contribution in [0.15, 0.2) is 96.1 Å². The maximum Gasteiger partial charge on any atom is 0.413 e. The van der Waals surface area contributed by atoms with E-state index in [1.165, 1.54) is 11.8 Å². The number of fused-ring (bicyclic) bond motifs is 5. The number of nitrogens with zero attached hydrogens (tertiary/aromatic N) is 1. The third-order valence-corrected chi connectivity index (χ3v) is 21.8. The number of carbonyl (C=O) groups is 5. The average Bonchev–Trinajstić information content (AvgIpc) is 4.24. The Bertz CT molecular complexity index is 2750. The van der Waals surface area contributed by atoms with Gasteiger partial charge >= 0.3 is 24.0 Å². The Morgan fingerprint density at radius 1 is 0.805 bits per heavy atom. The molecule has 20 heteroatoms. The van der Waals surface area contributed by atoms with E-state index in [1.807, 2.05) is 6.07 Å². The van der Waals surface area contributed by atoms with Crippen LogP contribution >= 0.6 is 47.0 Å². The topological polar surface area (TPSA) is 192 Å². The van der Waals surface area contributed by atoms with E-state index in [4.69, 9.17) is 42.6 Å². The van der Waals surface area contributed by atoms with E-state index in [0.717, 1.165) is 23.0 Å². The molecular formula is C57H67NO15S4. The van der Waals surface area contributed by atoms with Gasteiger partial charge in [-0.25, -0.2) is 14.4 Å². The molecule has 16 nitrogen and oxygen atoms in total. The molecule has 2 saturated carbocycles. The molecule has 0 radical (unpaired) electrons. The van der Waals surface area contributed by atoms with Crippen molar-refractivity contribution in [3.63, 3.8) is 0 Å². The zero-order valence-electron chi connectivity index (χ0n) is 44.6. The van der Waals surface area contributed by atoms with E-state index in [2.05, 4.69) is 0 Å². The lowest BCUT2D eigenvalue weighted by Crippen LogP contribution is -2.82. The molecule has 0 spiro atoms. The standard InChI is InChI=1S/C57H67NO15S4/c1-31-37(67-49(62)43-41(33-16-12-10-13-17-33)58(50(63)73-53(3,4)5)47(69-43)34-20-22-36(65-9)23-21-34)29-57(64)46(71-48(61)35-18-14-11-15-19-35)44-55(8,45(60)42(40(31)54(57,6)7)70-52-76-26-27-77-52)38(68-51-74-24-25-75-51)28-39-56(44,30-66-39)72-32(2)59/h10-23,37-39,41-44,46-47,51-52,64H,24-30H2,1-9H3/t37-,38-,39+,41-,42+,43+,44-,46-,47+,55+,56-,57+/m0/s1. The number of hydrogen-bond acceptors (Lipinski definition) is 19. The Morgan fingerprint density at radius 2 is 1.42 bits per heavy atom. The molecule has 1 amide bonds. The lowest BCUT2D eigenvalue weighted by molar-refractivity contribution is -0.348. The van der Waals surface area contributed by atoms with Crippen LogP contribution in [0.25, 0.3) is 0 Å². The number of methoxy groups -OCH3 is 1. The number of aliphatic hydroxyl groups is 1. The van der Waals surface area contributed by atoms with Crippen molar-refractivity contribution in [1.29, 1.82) is 0 Å². The Kier molecular flexibility index (Phi) is 15.8. The van der Waals surface area contributed by atoms with Gasteiger partial charge in [0.05, 0.1) is 36.7 Å².